The molecule has 24 heavy (non-hydrogen) atoms. The number of hydrogen-bond acceptors (Lipinski definition) is 3. The summed E-state index contributed by atoms with van der Waals surface area (Å²) < 4.78 is 5.38. The second kappa shape index (κ2) is 8.71. The molecule has 128 valence electrons. The van der Waals surface area contributed by atoms with E-state index in [1.54, 1.807) is 7.11 Å². The molecule has 2 aromatic rings. The third-order valence-corrected chi connectivity index (χ3v) is 3.90. The molecule has 0 aliphatic rings. The summed E-state index contributed by atoms with van der Waals surface area (Å²) in [6, 6.07) is 13.5. The Balaban J connectivity index is 1.86. The van der Waals surface area contributed by atoms with E-state index in [4.69, 9.17) is 16.3 Å². The van der Waals surface area contributed by atoms with Gasteiger partial charge >= 0.3 is 0 Å². The topological polar surface area (TPSA) is 41.6 Å². The van der Waals surface area contributed by atoms with Crippen molar-refractivity contribution in [1.29, 1.82) is 0 Å². The Hall–Kier alpha value is -2.04. The van der Waals surface area contributed by atoms with Crippen molar-refractivity contribution in [2.45, 2.75) is 20.0 Å². The minimum absolute atomic E-state index is 0.0240. The zero-order valence-electron chi connectivity index (χ0n) is 14.3. The van der Waals surface area contributed by atoms with Gasteiger partial charge in [-0.3, -0.25) is 9.69 Å². The first kappa shape index (κ1) is 18.3. The number of aryl methyl sites for hydroxylation is 1. The van der Waals surface area contributed by atoms with Crippen molar-refractivity contribution in [3.63, 3.8) is 0 Å². The molecule has 4 nitrogen and oxygen atoms in total. The molecule has 0 saturated carbocycles. The van der Waals surface area contributed by atoms with Crippen molar-refractivity contribution < 1.29 is 9.53 Å². The molecule has 0 heterocycles. The van der Waals surface area contributed by atoms with Crippen molar-refractivity contribution >= 4 is 17.5 Å². The lowest BCUT2D eigenvalue weighted by molar-refractivity contribution is -0.122. The molecule has 0 unspecified atom stereocenters. The van der Waals surface area contributed by atoms with Gasteiger partial charge in [0.05, 0.1) is 13.7 Å². The first-order chi connectivity index (χ1) is 11.5. The molecule has 0 bridgehead atoms. The predicted octanol–water partition coefficient (Wildman–Crippen LogP) is 3.41. The molecule has 0 aliphatic carbocycles. The van der Waals surface area contributed by atoms with Gasteiger partial charge in [-0.15, -0.1) is 0 Å². The SMILES string of the molecule is COc1ccc(C)cc1CN(C)CC(=O)NCc1cccc(Cl)c1. The number of carbonyl (C=O) groups is 1. The smallest absolute Gasteiger partial charge is 0.234 e. The van der Waals surface area contributed by atoms with Crippen LogP contribution in [-0.2, 0) is 17.9 Å². The van der Waals surface area contributed by atoms with Crippen molar-refractivity contribution in [1.82, 2.24) is 10.2 Å². The maximum atomic E-state index is 12.1. The van der Waals surface area contributed by atoms with Crippen LogP contribution in [0, 0.1) is 6.92 Å². The molecule has 1 amide bonds. The van der Waals surface area contributed by atoms with Crippen LogP contribution in [0.25, 0.3) is 0 Å². The summed E-state index contributed by atoms with van der Waals surface area (Å²) in [6.45, 7) is 3.48. The number of nitrogens with one attached hydrogen (secondary N) is 1. The van der Waals surface area contributed by atoms with E-state index in [0.29, 0.717) is 24.7 Å². The number of benzene rings is 2. The number of carbonyl (C=O) groups excluding carboxylic acids is 1. The number of hydrogen-bond donors (Lipinski definition) is 1. The van der Waals surface area contributed by atoms with Crippen LogP contribution in [0.15, 0.2) is 42.5 Å². The summed E-state index contributed by atoms with van der Waals surface area (Å²) >= 11 is 5.94. The maximum Gasteiger partial charge on any atom is 0.234 e. The fourth-order valence-corrected chi connectivity index (χ4v) is 2.74. The predicted molar refractivity (Wildman–Crippen MR) is 97.4 cm³/mol. The summed E-state index contributed by atoms with van der Waals surface area (Å²) in [5.41, 5.74) is 3.23. The van der Waals surface area contributed by atoms with Crippen LogP contribution >= 0.6 is 11.6 Å². The Kier molecular flexibility index (Phi) is 6.64. The van der Waals surface area contributed by atoms with E-state index in [2.05, 4.69) is 11.4 Å². The van der Waals surface area contributed by atoms with E-state index in [9.17, 15) is 4.79 Å². The molecule has 2 rings (SSSR count). The standard InChI is InChI=1S/C19H23ClN2O2/c1-14-7-8-18(24-3)16(9-14)12-22(2)13-19(23)21-11-15-5-4-6-17(20)10-15/h4-10H,11-13H2,1-3H3,(H,21,23). The highest BCUT2D eigenvalue weighted by atomic mass is 35.5. The molecule has 1 N–H and O–H groups in total. The third kappa shape index (κ3) is 5.55. The van der Waals surface area contributed by atoms with Gasteiger partial charge in [0.1, 0.15) is 5.75 Å². The number of methoxy groups -OCH3 is 1. The van der Waals surface area contributed by atoms with Crippen molar-refractivity contribution in [2.75, 3.05) is 20.7 Å². The monoisotopic (exact) mass is 346 g/mol. The molecular formula is C19H23ClN2O2. The minimum Gasteiger partial charge on any atom is -0.496 e. The number of halogens is 1. The Morgan fingerprint density at radius 1 is 1.25 bits per heavy atom. The quantitative estimate of drug-likeness (QED) is 0.835. The Morgan fingerprint density at radius 3 is 2.75 bits per heavy atom. The van der Waals surface area contributed by atoms with Gasteiger partial charge in [0, 0.05) is 23.7 Å². The lowest BCUT2D eigenvalue weighted by Crippen LogP contribution is -2.34. The van der Waals surface area contributed by atoms with Crippen LogP contribution < -0.4 is 10.1 Å². The summed E-state index contributed by atoms with van der Waals surface area (Å²) in [5, 5.41) is 3.58. The highest BCUT2D eigenvalue weighted by molar-refractivity contribution is 6.30. The molecular weight excluding hydrogens is 324 g/mol. The van der Waals surface area contributed by atoms with Gasteiger partial charge in [-0.05, 0) is 37.7 Å². The largest absolute Gasteiger partial charge is 0.496 e. The second-order valence-electron chi connectivity index (χ2n) is 5.89. The molecule has 0 saturated heterocycles. The summed E-state index contributed by atoms with van der Waals surface area (Å²) in [6.07, 6.45) is 0. The normalized spacial score (nSPS) is 10.7. The molecule has 0 aliphatic heterocycles. The van der Waals surface area contributed by atoms with E-state index in [1.807, 2.05) is 55.3 Å². The molecule has 0 atom stereocenters. The zero-order chi connectivity index (χ0) is 17.5. The summed E-state index contributed by atoms with van der Waals surface area (Å²) in [5.74, 6) is 0.816. The van der Waals surface area contributed by atoms with E-state index < -0.39 is 0 Å². The first-order valence-corrected chi connectivity index (χ1v) is 8.19. The van der Waals surface area contributed by atoms with Gasteiger partial charge in [0.2, 0.25) is 5.91 Å². The fraction of sp³-hybridized carbons (Fsp3) is 0.316. The van der Waals surface area contributed by atoms with Gasteiger partial charge in [-0.2, -0.15) is 0 Å². The van der Waals surface area contributed by atoms with E-state index in [-0.39, 0.29) is 5.91 Å². The Morgan fingerprint density at radius 2 is 2.04 bits per heavy atom. The third-order valence-electron chi connectivity index (χ3n) is 3.67. The lowest BCUT2D eigenvalue weighted by Gasteiger charge is -2.18. The van der Waals surface area contributed by atoms with E-state index >= 15 is 0 Å². The number of amides is 1. The maximum absolute atomic E-state index is 12.1. The van der Waals surface area contributed by atoms with Crippen molar-refractivity contribution in [2.24, 2.45) is 0 Å². The molecule has 2 aromatic carbocycles. The summed E-state index contributed by atoms with van der Waals surface area (Å²) in [7, 11) is 3.58. The van der Waals surface area contributed by atoms with Gasteiger partial charge in [0.15, 0.2) is 0 Å². The van der Waals surface area contributed by atoms with Gasteiger partial charge in [-0.1, -0.05) is 41.4 Å². The van der Waals surface area contributed by atoms with Crippen LogP contribution in [0.5, 0.6) is 5.75 Å². The first-order valence-electron chi connectivity index (χ1n) is 7.81. The van der Waals surface area contributed by atoms with E-state index in [1.165, 1.54) is 5.56 Å². The minimum atomic E-state index is -0.0240. The fourth-order valence-electron chi connectivity index (χ4n) is 2.53. The van der Waals surface area contributed by atoms with Gasteiger partial charge < -0.3 is 10.1 Å². The second-order valence-corrected chi connectivity index (χ2v) is 6.33. The lowest BCUT2D eigenvalue weighted by atomic mass is 10.1. The number of ether oxygens (including phenoxy) is 1. The Bertz CT molecular complexity index is 704. The van der Waals surface area contributed by atoms with Crippen LogP contribution in [-0.4, -0.2) is 31.5 Å². The molecule has 0 aromatic heterocycles. The number of rotatable bonds is 7. The Labute approximate surface area is 148 Å². The average Bonchev–Trinajstić information content (AvgIpc) is 2.53. The van der Waals surface area contributed by atoms with Crippen molar-refractivity contribution in [3.05, 3.63) is 64.2 Å². The van der Waals surface area contributed by atoms with Gasteiger partial charge in [0.25, 0.3) is 0 Å². The summed E-state index contributed by atoms with van der Waals surface area (Å²) in [4.78, 5) is 14.1. The highest BCUT2D eigenvalue weighted by Crippen LogP contribution is 2.20. The van der Waals surface area contributed by atoms with Crippen LogP contribution in [0.4, 0.5) is 0 Å². The van der Waals surface area contributed by atoms with E-state index in [0.717, 1.165) is 16.9 Å². The molecule has 0 radical (unpaired) electrons. The van der Waals surface area contributed by atoms with Crippen LogP contribution in [0.1, 0.15) is 16.7 Å². The molecule has 0 spiro atoms. The number of likely N-dealkylation sites (N-methyl/N-ethyl adjacent to an activating group) is 1. The number of nitrogens with zero attached hydrogens (tertiary/aromatic N) is 1. The average molecular weight is 347 g/mol. The van der Waals surface area contributed by atoms with Crippen molar-refractivity contribution in [3.8, 4) is 5.75 Å². The van der Waals surface area contributed by atoms with Gasteiger partial charge in [-0.25, -0.2) is 0 Å². The molecule has 5 heteroatoms. The molecule has 0 fully saturated rings. The van der Waals surface area contributed by atoms with Crippen LogP contribution in [0.2, 0.25) is 5.02 Å². The zero-order valence-corrected chi connectivity index (χ0v) is 15.1. The highest BCUT2D eigenvalue weighted by Gasteiger charge is 2.10. The van der Waals surface area contributed by atoms with Crippen LogP contribution in [0.3, 0.4) is 0 Å².